The van der Waals surface area contributed by atoms with Crippen LogP contribution in [0.2, 0.25) is 0 Å². The van der Waals surface area contributed by atoms with E-state index in [4.69, 9.17) is 4.74 Å². The van der Waals surface area contributed by atoms with Crippen molar-refractivity contribution in [3.05, 3.63) is 83.4 Å². The van der Waals surface area contributed by atoms with Crippen LogP contribution in [-0.4, -0.2) is 27.8 Å². The fraction of sp³-hybridized carbons (Fsp3) is 0.0476. The minimum absolute atomic E-state index is 0.112. The lowest BCUT2D eigenvalue weighted by molar-refractivity contribution is -0.117. The molecule has 0 N–H and O–H groups in total. The van der Waals surface area contributed by atoms with Crippen LogP contribution in [0, 0.1) is 11.3 Å². The van der Waals surface area contributed by atoms with E-state index >= 15 is 0 Å². The summed E-state index contributed by atoms with van der Waals surface area (Å²) in [6.07, 6.45) is 3.58. The van der Waals surface area contributed by atoms with Gasteiger partial charge in [0.25, 0.3) is 5.91 Å². The first-order chi connectivity index (χ1) is 12.7. The summed E-state index contributed by atoms with van der Waals surface area (Å²) in [5, 5.41) is 9.46. The minimum atomic E-state index is -0.112. The zero-order valence-corrected chi connectivity index (χ0v) is 14.8. The van der Waals surface area contributed by atoms with Crippen molar-refractivity contribution >= 4 is 32.4 Å². The van der Waals surface area contributed by atoms with Gasteiger partial charge in [0.15, 0.2) is 0 Å². The maximum Gasteiger partial charge on any atom is 0.274 e. The van der Waals surface area contributed by atoms with Gasteiger partial charge in [-0.1, -0.05) is 30.3 Å². The van der Waals surface area contributed by atoms with Gasteiger partial charge in [0.2, 0.25) is 0 Å². The van der Waals surface area contributed by atoms with Crippen LogP contribution in [0.5, 0.6) is 5.75 Å². The van der Waals surface area contributed by atoms with E-state index in [1.165, 1.54) is 10.9 Å². The molecule has 0 atom stereocenters. The smallest absolute Gasteiger partial charge is 0.274 e. The lowest BCUT2D eigenvalue weighted by Crippen LogP contribution is -2.36. The highest BCUT2D eigenvalue weighted by atomic mass is 32.1. The topological polar surface area (TPSA) is 53.3 Å². The van der Waals surface area contributed by atoms with Crippen LogP contribution in [0.1, 0.15) is 11.1 Å². The summed E-state index contributed by atoms with van der Waals surface area (Å²) in [4.78, 5) is 16.1. The van der Waals surface area contributed by atoms with Crippen molar-refractivity contribution in [3.8, 4) is 11.8 Å². The third-order valence-corrected chi connectivity index (χ3v) is 5.43. The van der Waals surface area contributed by atoms with E-state index in [0.29, 0.717) is 15.4 Å². The van der Waals surface area contributed by atoms with Gasteiger partial charge in [-0.05, 0) is 47.5 Å². The molecule has 0 unspecified atom stereocenters. The van der Waals surface area contributed by atoms with E-state index in [2.05, 4.69) is 6.07 Å². The van der Waals surface area contributed by atoms with Gasteiger partial charge in [0.1, 0.15) is 21.7 Å². The van der Waals surface area contributed by atoms with Crippen LogP contribution in [0.25, 0.3) is 5.70 Å². The number of nitrogens with zero attached hydrogens (tertiary/aromatic N) is 2. The molecule has 2 aromatic carbocycles. The van der Waals surface area contributed by atoms with E-state index in [0.717, 1.165) is 22.6 Å². The number of nitriles is 1. The molecular formula is C21H14N2O2S. The van der Waals surface area contributed by atoms with Crippen molar-refractivity contribution in [2.24, 2.45) is 0 Å². The molecule has 0 aromatic heterocycles. The second kappa shape index (κ2) is 6.51. The third kappa shape index (κ3) is 2.57. The normalized spacial score (nSPS) is 15.7. The van der Waals surface area contributed by atoms with Gasteiger partial charge >= 0.3 is 0 Å². The Kier molecular flexibility index (Phi) is 4.04. The summed E-state index contributed by atoms with van der Waals surface area (Å²) >= 11 is 0. The van der Waals surface area contributed by atoms with Gasteiger partial charge < -0.3 is 4.74 Å². The molecule has 0 spiro atoms. The van der Waals surface area contributed by atoms with Crippen LogP contribution >= 0.6 is 10.9 Å². The van der Waals surface area contributed by atoms with E-state index in [9.17, 15) is 10.1 Å². The van der Waals surface area contributed by atoms with Crippen LogP contribution in [-0.2, 0) is 4.79 Å². The number of hydrogen-bond donors (Lipinski definition) is 0. The van der Waals surface area contributed by atoms with Gasteiger partial charge in [0, 0.05) is 0 Å². The predicted octanol–water partition coefficient (Wildman–Crippen LogP) is 3.43. The fourth-order valence-electron chi connectivity index (χ4n) is 2.93. The first-order valence-electron chi connectivity index (χ1n) is 8.01. The van der Waals surface area contributed by atoms with Crippen molar-refractivity contribution in [1.82, 2.24) is 4.90 Å². The molecule has 2 aliphatic heterocycles. The second-order valence-corrected chi connectivity index (χ2v) is 6.71. The second-order valence-electron chi connectivity index (χ2n) is 5.72. The van der Waals surface area contributed by atoms with Crippen molar-refractivity contribution < 1.29 is 9.53 Å². The Balaban J connectivity index is 1.82. The largest absolute Gasteiger partial charge is 0.497 e. The van der Waals surface area contributed by atoms with Crippen LogP contribution in [0.3, 0.4) is 0 Å². The molecule has 126 valence electrons. The molecule has 4 nitrogen and oxygen atoms in total. The van der Waals surface area contributed by atoms with Gasteiger partial charge in [-0.2, -0.15) is 5.26 Å². The lowest BCUT2D eigenvalue weighted by atomic mass is 10.0. The maximum atomic E-state index is 13.2. The molecule has 4 rings (SSSR count). The number of ether oxygens (including phenoxy) is 1. The zero-order valence-electron chi connectivity index (χ0n) is 14.0. The first-order valence-corrected chi connectivity index (χ1v) is 8.83. The van der Waals surface area contributed by atoms with Crippen LogP contribution in [0.4, 0.5) is 0 Å². The van der Waals surface area contributed by atoms with Crippen LogP contribution < -0.4 is 4.74 Å². The third-order valence-electron chi connectivity index (χ3n) is 4.22. The molecule has 0 aliphatic carbocycles. The maximum absolute atomic E-state index is 13.2. The zero-order chi connectivity index (χ0) is 18.1. The standard InChI is InChI=1S/C21H14N2O2S/c1-25-17-10-7-14(8-11-17)18-12-9-16(13-22)21-23(18)20(24)19(26-21)15-5-3-2-4-6-15/h2-12H,1H3. The van der Waals surface area contributed by atoms with Gasteiger partial charge in [-0.3, -0.25) is 9.69 Å². The Morgan fingerprint density at radius 1 is 1.00 bits per heavy atom. The number of fused-ring (bicyclic) bond motifs is 1. The molecule has 1 amide bonds. The Labute approximate surface area is 154 Å². The SMILES string of the molecule is COc1ccc(C2=CC=C(C#N)C3=S=C(c4ccccc4)C(=O)N23)cc1. The Hall–Kier alpha value is -3.36. The average molecular weight is 358 g/mol. The summed E-state index contributed by atoms with van der Waals surface area (Å²) in [5.41, 5.74) is 2.99. The van der Waals surface area contributed by atoms with Crippen molar-refractivity contribution in [2.75, 3.05) is 7.11 Å². The number of hydrogen-bond acceptors (Lipinski definition) is 3. The predicted molar refractivity (Wildman–Crippen MR) is 105 cm³/mol. The van der Waals surface area contributed by atoms with Crippen molar-refractivity contribution in [2.45, 2.75) is 0 Å². The quantitative estimate of drug-likeness (QED) is 0.790. The van der Waals surface area contributed by atoms with E-state index in [1.54, 1.807) is 18.1 Å². The fourth-order valence-corrected chi connectivity index (χ4v) is 4.05. The van der Waals surface area contributed by atoms with E-state index in [1.807, 2.05) is 60.7 Å². The highest BCUT2D eigenvalue weighted by molar-refractivity contribution is 8.01. The number of methoxy groups -OCH3 is 1. The number of allylic oxidation sites excluding steroid dienone is 2. The number of carbonyl (C=O) groups excluding carboxylic acids is 1. The molecule has 2 aromatic rings. The Morgan fingerprint density at radius 2 is 1.73 bits per heavy atom. The van der Waals surface area contributed by atoms with E-state index < -0.39 is 0 Å². The van der Waals surface area contributed by atoms with Gasteiger partial charge in [-0.25, -0.2) is 0 Å². The highest BCUT2D eigenvalue weighted by Crippen LogP contribution is 2.32. The van der Waals surface area contributed by atoms with Crippen molar-refractivity contribution in [3.63, 3.8) is 0 Å². The van der Waals surface area contributed by atoms with Crippen molar-refractivity contribution in [1.29, 1.82) is 5.26 Å². The summed E-state index contributed by atoms with van der Waals surface area (Å²) in [6, 6.07) is 19.3. The Bertz CT molecular complexity index is 1070. The number of amides is 1. The molecule has 0 saturated heterocycles. The number of carbonyl (C=O) groups is 1. The molecule has 5 heteroatoms. The summed E-state index contributed by atoms with van der Waals surface area (Å²) in [6.45, 7) is 0. The first kappa shape index (κ1) is 16.1. The molecule has 0 fully saturated rings. The molecular weight excluding hydrogens is 344 g/mol. The molecule has 0 radical (unpaired) electrons. The summed E-state index contributed by atoms with van der Waals surface area (Å²) in [5.74, 6) is 0.639. The van der Waals surface area contributed by atoms with Crippen LogP contribution in [0.15, 0.2) is 72.3 Å². The molecule has 0 saturated carbocycles. The summed E-state index contributed by atoms with van der Waals surface area (Å²) in [7, 11) is 2.96. The molecule has 0 bridgehead atoms. The highest BCUT2D eigenvalue weighted by Gasteiger charge is 2.35. The average Bonchev–Trinajstić information content (AvgIpc) is 3.06. The monoisotopic (exact) mass is 358 g/mol. The molecule has 2 aliphatic rings. The van der Waals surface area contributed by atoms with Gasteiger partial charge in [0.05, 0.1) is 18.4 Å². The van der Waals surface area contributed by atoms with Gasteiger partial charge in [-0.15, -0.1) is 10.9 Å². The van der Waals surface area contributed by atoms with E-state index in [-0.39, 0.29) is 5.91 Å². The number of rotatable bonds is 3. The Morgan fingerprint density at radius 3 is 2.38 bits per heavy atom. The lowest BCUT2D eigenvalue weighted by Gasteiger charge is -2.26. The summed E-state index contributed by atoms with van der Waals surface area (Å²) < 4.78 is 5.21. The molecule has 2 heterocycles. The number of benzene rings is 2. The molecule has 26 heavy (non-hydrogen) atoms. The minimum Gasteiger partial charge on any atom is -0.497 e.